The van der Waals surface area contributed by atoms with E-state index in [9.17, 15) is 13.6 Å². The first kappa shape index (κ1) is 23.4. The summed E-state index contributed by atoms with van der Waals surface area (Å²) < 4.78 is 39.3. The molecule has 0 saturated carbocycles. The van der Waals surface area contributed by atoms with E-state index in [1.54, 1.807) is 24.3 Å². The zero-order chi connectivity index (χ0) is 24.1. The fourth-order valence-electron chi connectivity index (χ4n) is 3.29. The van der Waals surface area contributed by atoms with Crippen LogP contribution in [0.25, 0.3) is 10.1 Å². The maximum absolute atomic E-state index is 13.8. The third-order valence-electron chi connectivity index (χ3n) is 4.94. The summed E-state index contributed by atoms with van der Waals surface area (Å²) >= 11 is 1.35. The predicted molar refractivity (Wildman–Crippen MR) is 125 cm³/mol. The summed E-state index contributed by atoms with van der Waals surface area (Å²) in [6.07, 6.45) is 1.41. The minimum absolute atomic E-state index is 0.109. The second-order valence-corrected chi connectivity index (χ2v) is 8.17. The fraction of sp³-hybridized carbons (Fsp3) is 0.167. The van der Waals surface area contributed by atoms with Crippen molar-refractivity contribution in [3.05, 3.63) is 82.4 Å². The Hall–Kier alpha value is -3.76. The Bertz CT molecular complexity index is 1330. The van der Waals surface area contributed by atoms with Crippen molar-refractivity contribution in [1.29, 1.82) is 0 Å². The number of thiophene rings is 1. The van der Waals surface area contributed by atoms with E-state index in [1.807, 2.05) is 5.38 Å². The van der Waals surface area contributed by atoms with Crippen LogP contribution in [0.2, 0.25) is 0 Å². The lowest BCUT2D eigenvalue weighted by atomic mass is 10.1. The molecule has 0 bridgehead atoms. The number of amides is 1. The predicted octanol–water partition coefficient (Wildman–Crippen LogP) is 4.04. The topological polar surface area (TPSA) is 107 Å². The van der Waals surface area contributed by atoms with Crippen LogP contribution >= 0.6 is 11.3 Å². The zero-order valence-corrected chi connectivity index (χ0v) is 18.7. The van der Waals surface area contributed by atoms with Gasteiger partial charge in [0.25, 0.3) is 5.91 Å². The molecule has 7 nitrogen and oxygen atoms in total. The van der Waals surface area contributed by atoms with Crippen LogP contribution in [0.15, 0.2) is 54.0 Å². The first-order chi connectivity index (χ1) is 16.5. The highest BCUT2D eigenvalue weighted by Gasteiger charge is 2.17. The molecule has 4 rings (SSSR count). The van der Waals surface area contributed by atoms with Crippen LogP contribution in [0.4, 0.5) is 14.6 Å². The van der Waals surface area contributed by atoms with E-state index in [0.29, 0.717) is 27.1 Å². The van der Waals surface area contributed by atoms with Gasteiger partial charge in [0.05, 0.1) is 16.9 Å². The van der Waals surface area contributed by atoms with Gasteiger partial charge in [0.15, 0.2) is 0 Å². The minimum atomic E-state index is -0.547. The molecular weight excluding hydrogens is 464 g/mol. The Balaban J connectivity index is 1.47. The number of hydrogen-bond donors (Lipinski definition) is 3. The number of benzene rings is 2. The number of ether oxygens (including phenoxy) is 2. The lowest BCUT2D eigenvalue weighted by molar-refractivity contribution is 0.0946. The molecule has 1 amide bonds. The Morgan fingerprint density at radius 1 is 1.09 bits per heavy atom. The van der Waals surface area contributed by atoms with Crippen molar-refractivity contribution < 1.29 is 28.2 Å². The SMILES string of the molecule is Nc1ncc(C(=O)NCCO)c2scc(COc3cccc(OCc4cc(F)ccc4F)c3)c12. The molecule has 0 spiro atoms. The summed E-state index contributed by atoms with van der Waals surface area (Å²) in [7, 11) is 0. The van der Waals surface area contributed by atoms with E-state index in [4.69, 9.17) is 20.3 Å². The van der Waals surface area contributed by atoms with E-state index >= 15 is 0 Å². The lowest BCUT2D eigenvalue weighted by Gasteiger charge is -2.11. The number of pyridine rings is 1. The molecule has 0 atom stereocenters. The molecule has 0 saturated heterocycles. The van der Waals surface area contributed by atoms with E-state index in [2.05, 4.69) is 10.3 Å². The second-order valence-electron chi connectivity index (χ2n) is 7.29. The molecule has 0 aliphatic heterocycles. The fourth-order valence-corrected chi connectivity index (χ4v) is 4.36. The van der Waals surface area contributed by atoms with Gasteiger partial charge in [-0.1, -0.05) is 6.07 Å². The maximum Gasteiger partial charge on any atom is 0.254 e. The van der Waals surface area contributed by atoms with Gasteiger partial charge in [-0.15, -0.1) is 11.3 Å². The first-order valence-corrected chi connectivity index (χ1v) is 11.2. The minimum Gasteiger partial charge on any atom is -0.489 e. The molecule has 2 aromatic heterocycles. The van der Waals surface area contributed by atoms with Gasteiger partial charge in [0.1, 0.15) is 42.2 Å². The van der Waals surface area contributed by atoms with Crippen molar-refractivity contribution in [3.63, 3.8) is 0 Å². The highest BCUT2D eigenvalue weighted by atomic mass is 32.1. The Morgan fingerprint density at radius 2 is 1.82 bits per heavy atom. The molecular formula is C24H21F2N3O4S. The summed E-state index contributed by atoms with van der Waals surface area (Å²) in [5.41, 5.74) is 7.31. The molecule has 10 heteroatoms. The third kappa shape index (κ3) is 5.24. The summed E-state index contributed by atoms with van der Waals surface area (Å²) in [4.78, 5) is 16.5. The molecule has 4 aromatic rings. The smallest absolute Gasteiger partial charge is 0.254 e. The second kappa shape index (κ2) is 10.4. The number of carbonyl (C=O) groups excluding carboxylic acids is 1. The number of nitrogen functional groups attached to an aromatic ring is 1. The number of anilines is 1. The van der Waals surface area contributed by atoms with Crippen LogP contribution < -0.4 is 20.5 Å². The van der Waals surface area contributed by atoms with Gasteiger partial charge in [-0.3, -0.25) is 4.79 Å². The summed E-state index contributed by atoms with van der Waals surface area (Å²) in [5, 5.41) is 14.0. The van der Waals surface area contributed by atoms with Crippen LogP contribution in [0.5, 0.6) is 11.5 Å². The van der Waals surface area contributed by atoms with Crippen LogP contribution in [0.1, 0.15) is 21.5 Å². The standard InChI is InChI=1S/C24H21F2N3O4S/c25-16-4-5-20(26)14(8-16)11-32-17-2-1-3-18(9-17)33-12-15-13-34-22-19(24(31)28-6-7-30)10-29-23(27)21(15)22/h1-5,8-10,13,30H,6-7,11-12H2,(H2,27,29)(H,28,31). The Labute approximate surface area is 197 Å². The average molecular weight is 486 g/mol. The Morgan fingerprint density at radius 3 is 2.56 bits per heavy atom. The number of aliphatic hydroxyl groups is 1. The highest BCUT2D eigenvalue weighted by molar-refractivity contribution is 7.17. The Kier molecular flexibility index (Phi) is 7.19. The molecule has 0 aliphatic rings. The van der Waals surface area contributed by atoms with Gasteiger partial charge < -0.3 is 25.6 Å². The van der Waals surface area contributed by atoms with Gasteiger partial charge in [-0.05, 0) is 35.7 Å². The molecule has 0 fully saturated rings. The van der Waals surface area contributed by atoms with Crippen LogP contribution in [0.3, 0.4) is 0 Å². The molecule has 0 unspecified atom stereocenters. The van der Waals surface area contributed by atoms with E-state index in [-0.39, 0.29) is 43.7 Å². The van der Waals surface area contributed by atoms with Crippen molar-refractivity contribution in [2.75, 3.05) is 18.9 Å². The number of nitrogens with zero attached hydrogens (tertiary/aromatic N) is 1. The van der Waals surface area contributed by atoms with Gasteiger partial charge in [-0.2, -0.15) is 0 Å². The lowest BCUT2D eigenvalue weighted by Crippen LogP contribution is -2.26. The van der Waals surface area contributed by atoms with Crippen LogP contribution in [0, 0.1) is 11.6 Å². The van der Waals surface area contributed by atoms with Crippen molar-refractivity contribution in [1.82, 2.24) is 10.3 Å². The maximum atomic E-state index is 13.8. The van der Waals surface area contributed by atoms with Crippen molar-refractivity contribution in [3.8, 4) is 11.5 Å². The number of halogens is 2. The first-order valence-electron chi connectivity index (χ1n) is 10.3. The monoisotopic (exact) mass is 485 g/mol. The zero-order valence-electron chi connectivity index (χ0n) is 17.9. The van der Waals surface area contributed by atoms with Gasteiger partial charge >= 0.3 is 0 Å². The van der Waals surface area contributed by atoms with Crippen LogP contribution in [-0.4, -0.2) is 29.1 Å². The van der Waals surface area contributed by atoms with Crippen molar-refractivity contribution in [2.24, 2.45) is 0 Å². The van der Waals surface area contributed by atoms with E-state index in [1.165, 1.54) is 17.5 Å². The van der Waals surface area contributed by atoms with Crippen molar-refractivity contribution >= 4 is 33.1 Å². The molecule has 0 aliphatic carbocycles. The van der Waals surface area contributed by atoms with Gasteiger partial charge in [0, 0.05) is 35.3 Å². The highest BCUT2D eigenvalue weighted by Crippen LogP contribution is 2.33. The number of rotatable bonds is 9. The van der Waals surface area contributed by atoms with Crippen LogP contribution in [-0.2, 0) is 13.2 Å². The number of fused-ring (bicyclic) bond motifs is 1. The molecule has 34 heavy (non-hydrogen) atoms. The number of nitrogens with two attached hydrogens (primary N) is 1. The molecule has 2 aromatic carbocycles. The molecule has 176 valence electrons. The number of aliphatic hydroxyl groups excluding tert-OH is 1. The van der Waals surface area contributed by atoms with Gasteiger partial charge in [0.2, 0.25) is 0 Å². The molecule has 2 heterocycles. The molecule has 0 radical (unpaired) electrons. The van der Waals surface area contributed by atoms with Crippen molar-refractivity contribution in [2.45, 2.75) is 13.2 Å². The largest absolute Gasteiger partial charge is 0.489 e. The normalized spacial score (nSPS) is 10.9. The number of hydrogen-bond acceptors (Lipinski definition) is 7. The quantitative estimate of drug-likeness (QED) is 0.330. The number of nitrogens with one attached hydrogen (secondary N) is 1. The average Bonchev–Trinajstić information content (AvgIpc) is 3.27. The summed E-state index contributed by atoms with van der Waals surface area (Å²) in [5.74, 6) is -0.222. The van der Waals surface area contributed by atoms with E-state index < -0.39 is 11.6 Å². The number of aromatic nitrogens is 1. The summed E-state index contributed by atoms with van der Waals surface area (Å²) in [6.45, 7) is -0.00179. The van der Waals surface area contributed by atoms with Gasteiger partial charge in [-0.25, -0.2) is 13.8 Å². The number of carbonyl (C=O) groups is 1. The van der Waals surface area contributed by atoms with E-state index in [0.717, 1.165) is 23.8 Å². The molecule has 4 N–H and O–H groups in total. The third-order valence-corrected chi connectivity index (χ3v) is 6.01. The summed E-state index contributed by atoms with van der Waals surface area (Å²) in [6, 6.07) is 9.98.